The van der Waals surface area contributed by atoms with Gasteiger partial charge in [-0.3, -0.25) is 9.69 Å². The van der Waals surface area contributed by atoms with Gasteiger partial charge in [-0.15, -0.1) is 0 Å². The van der Waals surface area contributed by atoms with Crippen molar-refractivity contribution < 1.29 is 13.7 Å². The molecule has 0 aliphatic rings. The van der Waals surface area contributed by atoms with E-state index in [9.17, 15) is 4.79 Å². The Balaban J connectivity index is 1.98. The van der Waals surface area contributed by atoms with E-state index in [0.29, 0.717) is 12.3 Å². The Labute approximate surface area is 121 Å². The minimum Gasteiger partial charge on any atom is -0.467 e. The monoisotopic (exact) mass is 282 g/mol. The molecule has 0 fully saturated rings. The lowest BCUT2D eigenvalue weighted by Crippen LogP contribution is -2.30. The van der Waals surface area contributed by atoms with Crippen LogP contribution in [-0.4, -0.2) is 11.1 Å². The Kier molecular flexibility index (Phi) is 3.55. The predicted molar refractivity (Wildman–Crippen MR) is 76.9 cm³/mol. The highest BCUT2D eigenvalue weighted by molar-refractivity contribution is 6.04. The summed E-state index contributed by atoms with van der Waals surface area (Å²) in [4.78, 5) is 14.3. The van der Waals surface area contributed by atoms with Crippen LogP contribution in [0.15, 0.2) is 63.9 Å². The first-order valence-electron chi connectivity index (χ1n) is 6.56. The minimum atomic E-state index is -0.252. The second kappa shape index (κ2) is 5.66. The first-order valence-corrected chi connectivity index (χ1v) is 6.56. The second-order valence-corrected chi connectivity index (χ2v) is 4.63. The van der Waals surface area contributed by atoms with Crippen molar-refractivity contribution in [2.45, 2.75) is 13.5 Å². The quantitative estimate of drug-likeness (QED) is 0.735. The molecule has 0 saturated heterocycles. The molecule has 106 valence electrons. The van der Waals surface area contributed by atoms with Gasteiger partial charge in [-0.2, -0.15) is 0 Å². The fourth-order valence-corrected chi connectivity index (χ4v) is 2.15. The fourth-order valence-electron chi connectivity index (χ4n) is 2.15. The van der Waals surface area contributed by atoms with Gasteiger partial charge >= 0.3 is 0 Å². The number of furan rings is 1. The van der Waals surface area contributed by atoms with Gasteiger partial charge in [-0.25, -0.2) is 0 Å². The lowest BCUT2D eigenvalue weighted by atomic mass is 10.1. The highest BCUT2D eigenvalue weighted by atomic mass is 16.5. The Hall–Kier alpha value is -2.82. The SMILES string of the molecule is Cc1ccccc1N(Cc1ccco1)C(=O)c1ccno1. The van der Waals surface area contributed by atoms with Crippen LogP contribution >= 0.6 is 0 Å². The van der Waals surface area contributed by atoms with Crippen molar-refractivity contribution in [2.75, 3.05) is 4.90 Å². The summed E-state index contributed by atoms with van der Waals surface area (Å²) in [5.41, 5.74) is 1.81. The Bertz CT molecular complexity index is 718. The van der Waals surface area contributed by atoms with Crippen molar-refractivity contribution in [3.8, 4) is 0 Å². The maximum absolute atomic E-state index is 12.6. The molecule has 2 heterocycles. The number of aromatic nitrogens is 1. The van der Waals surface area contributed by atoms with Crippen molar-refractivity contribution in [1.82, 2.24) is 5.16 Å². The molecule has 0 aliphatic carbocycles. The van der Waals surface area contributed by atoms with Gasteiger partial charge in [0, 0.05) is 11.8 Å². The van der Waals surface area contributed by atoms with Crippen molar-refractivity contribution in [2.24, 2.45) is 0 Å². The lowest BCUT2D eigenvalue weighted by molar-refractivity contribution is 0.0947. The van der Waals surface area contributed by atoms with Crippen LogP contribution in [0, 0.1) is 6.92 Å². The molecular weight excluding hydrogens is 268 g/mol. The summed E-state index contributed by atoms with van der Waals surface area (Å²) in [7, 11) is 0. The van der Waals surface area contributed by atoms with E-state index in [-0.39, 0.29) is 11.7 Å². The van der Waals surface area contributed by atoms with Crippen LogP contribution in [0.5, 0.6) is 0 Å². The van der Waals surface area contributed by atoms with Crippen LogP contribution in [0.2, 0.25) is 0 Å². The van der Waals surface area contributed by atoms with Crippen LogP contribution in [0.4, 0.5) is 5.69 Å². The van der Waals surface area contributed by atoms with Crippen LogP contribution in [0.25, 0.3) is 0 Å². The number of benzene rings is 1. The Morgan fingerprint density at radius 2 is 2.05 bits per heavy atom. The summed E-state index contributed by atoms with van der Waals surface area (Å²) in [5.74, 6) is 0.647. The molecule has 21 heavy (non-hydrogen) atoms. The van der Waals surface area contributed by atoms with E-state index in [1.807, 2.05) is 37.3 Å². The maximum atomic E-state index is 12.6. The molecule has 5 heteroatoms. The average molecular weight is 282 g/mol. The zero-order chi connectivity index (χ0) is 14.7. The van der Waals surface area contributed by atoms with Gasteiger partial charge in [0.2, 0.25) is 5.76 Å². The van der Waals surface area contributed by atoms with Gasteiger partial charge in [-0.1, -0.05) is 23.4 Å². The predicted octanol–water partition coefficient (Wildman–Crippen LogP) is 3.42. The number of carbonyl (C=O) groups excluding carboxylic acids is 1. The highest BCUT2D eigenvalue weighted by Crippen LogP contribution is 2.24. The van der Waals surface area contributed by atoms with E-state index >= 15 is 0 Å². The summed E-state index contributed by atoms with van der Waals surface area (Å²) >= 11 is 0. The standard InChI is InChI=1S/C16H14N2O3/c1-12-5-2-3-7-14(12)18(11-13-6-4-10-20-13)16(19)15-8-9-17-21-15/h2-10H,11H2,1H3. The number of carbonyl (C=O) groups is 1. The van der Waals surface area contributed by atoms with Crippen molar-refractivity contribution in [3.05, 3.63) is 72.0 Å². The summed E-state index contributed by atoms with van der Waals surface area (Å²) in [6.45, 7) is 2.29. The zero-order valence-electron chi connectivity index (χ0n) is 11.5. The first-order chi connectivity index (χ1) is 10.3. The molecule has 0 unspecified atom stereocenters. The fraction of sp³-hybridized carbons (Fsp3) is 0.125. The first kappa shape index (κ1) is 13.2. The molecule has 0 spiro atoms. The van der Waals surface area contributed by atoms with E-state index < -0.39 is 0 Å². The Morgan fingerprint density at radius 3 is 2.71 bits per heavy atom. The van der Waals surface area contributed by atoms with E-state index in [0.717, 1.165) is 11.3 Å². The second-order valence-electron chi connectivity index (χ2n) is 4.63. The van der Waals surface area contributed by atoms with Crippen LogP contribution in [0.3, 0.4) is 0 Å². The number of para-hydroxylation sites is 1. The molecule has 3 rings (SSSR count). The normalized spacial score (nSPS) is 10.5. The van der Waals surface area contributed by atoms with Crippen LogP contribution < -0.4 is 4.90 Å². The van der Waals surface area contributed by atoms with Gasteiger partial charge in [0.25, 0.3) is 5.91 Å². The molecule has 0 radical (unpaired) electrons. The van der Waals surface area contributed by atoms with E-state index in [4.69, 9.17) is 8.94 Å². The number of hydrogen-bond acceptors (Lipinski definition) is 4. The van der Waals surface area contributed by atoms with Gasteiger partial charge < -0.3 is 8.94 Å². The van der Waals surface area contributed by atoms with E-state index in [2.05, 4.69) is 5.16 Å². The number of amides is 1. The summed E-state index contributed by atoms with van der Waals surface area (Å²) in [5, 5.41) is 3.59. The van der Waals surface area contributed by atoms with Crippen LogP contribution in [-0.2, 0) is 6.54 Å². The molecule has 3 aromatic rings. The van der Waals surface area contributed by atoms with Crippen molar-refractivity contribution >= 4 is 11.6 Å². The molecule has 0 aliphatic heterocycles. The minimum absolute atomic E-state index is 0.199. The molecule has 0 atom stereocenters. The topological polar surface area (TPSA) is 59.5 Å². The maximum Gasteiger partial charge on any atom is 0.297 e. The molecule has 0 saturated carbocycles. The molecule has 1 aromatic carbocycles. The third-order valence-corrected chi connectivity index (χ3v) is 3.19. The summed E-state index contributed by atoms with van der Waals surface area (Å²) in [6, 6.07) is 12.9. The number of aryl methyl sites for hydroxylation is 1. The van der Waals surface area contributed by atoms with Gasteiger partial charge in [0.05, 0.1) is 19.0 Å². The smallest absolute Gasteiger partial charge is 0.297 e. The van der Waals surface area contributed by atoms with E-state index in [1.54, 1.807) is 23.3 Å². The Morgan fingerprint density at radius 1 is 1.19 bits per heavy atom. The van der Waals surface area contributed by atoms with Crippen molar-refractivity contribution in [3.63, 3.8) is 0 Å². The zero-order valence-corrected chi connectivity index (χ0v) is 11.5. The van der Waals surface area contributed by atoms with Gasteiger partial charge in [-0.05, 0) is 30.7 Å². The summed E-state index contributed by atoms with van der Waals surface area (Å²) in [6.07, 6.45) is 3.04. The molecule has 1 amide bonds. The molecular formula is C16H14N2O3. The summed E-state index contributed by atoms with van der Waals surface area (Å²) < 4.78 is 10.3. The van der Waals surface area contributed by atoms with Crippen molar-refractivity contribution in [1.29, 1.82) is 0 Å². The van der Waals surface area contributed by atoms with Crippen LogP contribution in [0.1, 0.15) is 21.9 Å². The number of nitrogens with zero attached hydrogens (tertiary/aromatic N) is 2. The molecule has 5 nitrogen and oxygen atoms in total. The largest absolute Gasteiger partial charge is 0.467 e. The molecule has 0 N–H and O–H groups in total. The average Bonchev–Trinajstić information content (AvgIpc) is 3.18. The van der Waals surface area contributed by atoms with Gasteiger partial charge in [0.15, 0.2) is 0 Å². The number of hydrogen-bond donors (Lipinski definition) is 0. The lowest BCUT2D eigenvalue weighted by Gasteiger charge is -2.22. The van der Waals surface area contributed by atoms with E-state index in [1.165, 1.54) is 6.20 Å². The molecule has 2 aromatic heterocycles. The molecule has 0 bridgehead atoms. The third kappa shape index (κ3) is 2.72. The van der Waals surface area contributed by atoms with Gasteiger partial charge in [0.1, 0.15) is 5.76 Å². The number of rotatable bonds is 4. The highest BCUT2D eigenvalue weighted by Gasteiger charge is 2.23. The number of anilines is 1. The third-order valence-electron chi connectivity index (χ3n) is 3.19.